The number of aryl methyl sites for hydroxylation is 1. The van der Waals surface area contributed by atoms with Crippen molar-refractivity contribution in [1.82, 2.24) is 0 Å². The largest absolute Gasteiger partial charge is 0.399 e. The Morgan fingerprint density at radius 2 is 1.85 bits per heavy atom. The monoisotopic (exact) mass is 262 g/mol. The summed E-state index contributed by atoms with van der Waals surface area (Å²) in [5, 5.41) is 2.95. The molecule has 2 aliphatic rings. The lowest BCUT2D eigenvalue weighted by Gasteiger charge is -2.06. The molecule has 4 rings (SSSR count). The van der Waals surface area contributed by atoms with E-state index in [-0.39, 0.29) is 5.91 Å². The number of carbonyl (C=O) groups is 1. The number of rotatable bonds is 0. The molecule has 3 N–H and O–H groups in total. The summed E-state index contributed by atoms with van der Waals surface area (Å²) in [6.45, 7) is 0. The molecule has 0 fully saturated rings. The van der Waals surface area contributed by atoms with Crippen molar-refractivity contribution in [2.75, 3.05) is 11.1 Å². The summed E-state index contributed by atoms with van der Waals surface area (Å²) in [7, 11) is 0. The van der Waals surface area contributed by atoms with Crippen LogP contribution in [0.1, 0.15) is 23.1 Å². The molecule has 2 aromatic carbocycles. The van der Waals surface area contributed by atoms with Gasteiger partial charge in [0.1, 0.15) is 0 Å². The van der Waals surface area contributed by atoms with Gasteiger partial charge in [-0.25, -0.2) is 0 Å². The first-order chi connectivity index (χ1) is 9.74. The standard InChI is InChI=1S/C17H14N2O/c18-11-6-8-12-10(9-11)5-7-13(12)16-14-3-1-2-4-15(14)19-17(16)20/h1-4,6,8-9H,5,7,18H2,(H,19,20). The summed E-state index contributed by atoms with van der Waals surface area (Å²) < 4.78 is 0. The predicted molar refractivity (Wildman–Crippen MR) is 81.1 cm³/mol. The van der Waals surface area contributed by atoms with Crippen LogP contribution in [0.4, 0.5) is 11.4 Å². The maximum atomic E-state index is 12.3. The van der Waals surface area contributed by atoms with E-state index in [0.717, 1.165) is 40.9 Å². The summed E-state index contributed by atoms with van der Waals surface area (Å²) in [6, 6.07) is 13.8. The van der Waals surface area contributed by atoms with Gasteiger partial charge in [-0.15, -0.1) is 0 Å². The number of nitrogens with one attached hydrogen (secondary N) is 1. The second-order valence-corrected chi connectivity index (χ2v) is 5.27. The molecule has 1 aliphatic heterocycles. The summed E-state index contributed by atoms with van der Waals surface area (Å²) in [4.78, 5) is 12.3. The zero-order valence-electron chi connectivity index (χ0n) is 10.9. The quantitative estimate of drug-likeness (QED) is 0.566. The van der Waals surface area contributed by atoms with Crippen molar-refractivity contribution in [1.29, 1.82) is 0 Å². The molecule has 0 aromatic heterocycles. The molecule has 0 saturated carbocycles. The summed E-state index contributed by atoms with van der Waals surface area (Å²) in [5.74, 6) is 0.00544. The number of carbonyl (C=O) groups excluding carboxylic acids is 1. The Bertz CT molecular complexity index is 774. The van der Waals surface area contributed by atoms with E-state index in [4.69, 9.17) is 5.73 Å². The molecular formula is C17H14N2O. The van der Waals surface area contributed by atoms with Crippen LogP contribution in [0.15, 0.2) is 42.5 Å². The zero-order chi connectivity index (χ0) is 13.7. The normalized spacial score (nSPS) is 19.7. The van der Waals surface area contributed by atoms with E-state index in [2.05, 4.69) is 5.32 Å². The molecule has 1 heterocycles. The Morgan fingerprint density at radius 3 is 2.75 bits per heavy atom. The molecule has 20 heavy (non-hydrogen) atoms. The molecule has 0 atom stereocenters. The van der Waals surface area contributed by atoms with Gasteiger partial charge in [0.25, 0.3) is 5.91 Å². The van der Waals surface area contributed by atoms with Gasteiger partial charge >= 0.3 is 0 Å². The van der Waals surface area contributed by atoms with Crippen LogP contribution in [-0.2, 0) is 11.2 Å². The minimum absolute atomic E-state index is 0.00544. The highest BCUT2D eigenvalue weighted by Gasteiger charge is 2.30. The fraction of sp³-hybridized carbons (Fsp3) is 0.118. The molecule has 0 unspecified atom stereocenters. The molecule has 0 radical (unpaired) electrons. The Labute approximate surface area is 117 Å². The first-order valence-electron chi connectivity index (χ1n) is 6.77. The Hall–Kier alpha value is -2.55. The minimum Gasteiger partial charge on any atom is -0.399 e. The molecule has 98 valence electrons. The average Bonchev–Trinajstić information content (AvgIpc) is 2.97. The van der Waals surface area contributed by atoms with Crippen LogP contribution in [0.25, 0.3) is 11.1 Å². The molecule has 2 aromatic rings. The van der Waals surface area contributed by atoms with E-state index >= 15 is 0 Å². The lowest BCUT2D eigenvalue weighted by Crippen LogP contribution is -2.05. The number of benzene rings is 2. The van der Waals surface area contributed by atoms with Crippen LogP contribution in [0, 0.1) is 0 Å². The van der Waals surface area contributed by atoms with E-state index in [9.17, 15) is 4.79 Å². The van der Waals surface area contributed by atoms with E-state index in [1.54, 1.807) is 0 Å². The van der Waals surface area contributed by atoms with Crippen molar-refractivity contribution in [3.63, 3.8) is 0 Å². The van der Waals surface area contributed by atoms with E-state index in [1.807, 2.05) is 42.5 Å². The summed E-state index contributed by atoms with van der Waals surface area (Å²) in [5.41, 5.74) is 12.9. The van der Waals surface area contributed by atoms with Crippen LogP contribution in [0.3, 0.4) is 0 Å². The molecular weight excluding hydrogens is 248 g/mol. The predicted octanol–water partition coefficient (Wildman–Crippen LogP) is 3.08. The van der Waals surface area contributed by atoms with Crippen LogP contribution < -0.4 is 11.1 Å². The lowest BCUT2D eigenvalue weighted by molar-refractivity contribution is -0.110. The van der Waals surface area contributed by atoms with Crippen LogP contribution in [-0.4, -0.2) is 5.91 Å². The van der Waals surface area contributed by atoms with Crippen molar-refractivity contribution in [3.8, 4) is 0 Å². The maximum absolute atomic E-state index is 12.3. The third-order valence-corrected chi connectivity index (χ3v) is 4.07. The zero-order valence-corrected chi connectivity index (χ0v) is 10.9. The van der Waals surface area contributed by atoms with E-state index in [1.165, 1.54) is 11.1 Å². The maximum Gasteiger partial charge on any atom is 0.256 e. The second-order valence-electron chi connectivity index (χ2n) is 5.27. The summed E-state index contributed by atoms with van der Waals surface area (Å²) >= 11 is 0. The highest BCUT2D eigenvalue weighted by molar-refractivity contribution is 6.37. The topological polar surface area (TPSA) is 55.1 Å². The summed E-state index contributed by atoms with van der Waals surface area (Å²) in [6.07, 6.45) is 1.85. The first kappa shape index (κ1) is 11.3. The fourth-order valence-corrected chi connectivity index (χ4v) is 3.19. The highest BCUT2D eigenvalue weighted by atomic mass is 16.2. The Balaban J connectivity index is 1.96. The van der Waals surface area contributed by atoms with Gasteiger partial charge in [-0.05, 0) is 47.7 Å². The Morgan fingerprint density at radius 1 is 1.00 bits per heavy atom. The fourth-order valence-electron chi connectivity index (χ4n) is 3.19. The number of anilines is 2. The van der Waals surface area contributed by atoms with Crippen LogP contribution in [0.5, 0.6) is 0 Å². The first-order valence-corrected chi connectivity index (χ1v) is 6.77. The lowest BCUT2D eigenvalue weighted by atomic mass is 9.96. The van der Waals surface area contributed by atoms with Crippen molar-refractivity contribution in [2.45, 2.75) is 12.8 Å². The average molecular weight is 262 g/mol. The second kappa shape index (κ2) is 3.97. The molecule has 0 bridgehead atoms. The number of nitrogen functional groups attached to an aromatic ring is 1. The molecule has 3 heteroatoms. The van der Waals surface area contributed by atoms with E-state index in [0.29, 0.717) is 0 Å². The van der Waals surface area contributed by atoms with Crippen molar-refractivity contribution in [2.24, 2.45) is 0 Å². The van der Waals surface area contributed by atoms with Crippen molar-refractivity contribution in [3.05, 3.63) is 59.2 Å². The molecule has 3 nitrogen and oxygen atoms in total. The molecule has 1 amide bonds. The van der Waals surface area contributed by atoms with Crippen LogP contribution in [0.2, 0.25) is 0 Å². The van der Waals surface area contributed by atoms with Gasteiger partial charge < -0.3 is 11.1 Å². The molecule has 0 spiro atoms. The van der Waals surface area contributed by atoms with Gasteiger partial charge in [-0.3, -0.25) is 4.79 Å². The van der Waals surface area contributed by atoms with Gasteiger partial charge in [-0.1, -0.05) is 24.3 Å². The number of para-hydroxylation sites is 1. The molecule has 0 saturated heterocycles. The van der Waals surface area contributed by atoms with E-state index < -0.39 is 0 Å². The van der Waals surface area contributed by atoms with Gasteiger partial charge in [0.15, 0.2) is 0 Å². The number of hydrogen-bond acceptors (Lipinski definition) is 2. The number of fused-ring (bicyclic) bond motifs is 2. The molecule has 1 aliphatic carbocycles. The smallest absolute Gasteiger partial charge is 0.256 e. The van der Waals surface area contributed by atoms with Crippen LogP contribution >= 0.6 is 0 Å². The SMILES string of the molecule is Nc1ccc2c(c1)CCC2=C1C(=O)Nc2ccccc21. The van der Waals surface area contributed by atoms with Gasteiger partial charge in [0, 0.05) is 16.9 Å². The third kappa shape index (κ3) is 1.50. The van der Waals surface area contributed by atoms with Crippen molar-refractivity contribution >= 4 is 28.4 Å². The number of amides is 1. The van der Waals surface area contributed by atoms with Crippen molar-refractivity contribution < 1.29 is 4.79 Å². The third-order valence-electron chi connectivity index (χ3n) is 4.07. The number of hydrogen-bond donors (Lipinski definition) is 2. The highest BCUT2D eigenvalue weighted by Crippen LogP contribution is 2.43. The van der Waals surface area contributed by atoms with Gasteiger partial charge in [0.2, 0.25) is 0 Å². The minimum atomic E-state index is 0.00544. The number of allylic oxidation sites excluding steroid dienone is 1. The van der Waals surface area contributed by atoms with Gasteiger partial charge in [-0.2, -0.15) is 0 Å². The van der Waals surface area contributed by atoms with Gasteiger partial charge in [0.05, 0.1) is 5.57 Å². The Kier molecular flexibility index (Phi) is 2.24. The number of nitrogens with two attached hydrogens (primary N) is 1.